The van der Waals surface area contributed by atoms with Gasteiger partial charge < -0.3 is 10.1 Å². The van der Waals surface area contributed by atoms with Gasteiger partial charge in [0.05, 0.1) is 7.11 Å². The summed E-state index contributed by atoms with van der Waals surface area (Å²) in [5.74, 6) is 0.784. The maximum Gasteiger partial charge on any atom is 0.211 e. The highest BCUT2D eigenvalue weighted by Gasteiger charge is 1.94. The van der Waals surface area contributed by atoms with Crippen LogP contribution in [0.2, 0.25) is 0 Å². The highest BCUT2D eigenvalue weighted by atomic mass is 16.5. The summed E-state index contributed by atoms with van der Waals surface area (Å²) in [6.45, 7) is 0. The van der Waals surface area contributed by atoms with E-state index >= 15 is 0 Å². The maximum absolute atomic E-state index is 9.96. The largest absolute Gasteiger partial charge is 0.496 e. The minimum atomic E-state index is 0.617. The van der Waals surface area contributed by atoms with Crippen LogP contribution < -0.4 is 10.1 Å². The Kier molecular flexibility index (Phi) is 3.57. The molecule has 0 unspecified atom stereocenters. The second kappa shape index (κ2) is 4.98. The van der Waals surface area contributed by atoms with Crippen molar-refractivity contribution in [1.29, 1.82) is 0 Å². The first kappa shape index (κ1) is 9.32. The Morgan fingerprint density at radius 3 is 2.85 bits per heavy atom. The van der Waals surface area contributed by atoms with Crippen LogP contribution >= 0.6 is 0 Å². The highest BCUT2D eigenvalue weighted by Crippen LogP contribution is 2.17. The molecule has 1 amide bonds. The molecule has 1 N–H and O–H groups in total. The Hall–Kier alpha value is -1.77. The number of hydrogen-bond donors (Lipinski definition) is 1. The normalized spacial score (nSPS) is 9.92. The molecule has 0 spiro atoms. The van der Waals surface area contributed by atoms with Crippen LogP contribution in [0, 0.1) is 0 Å². The summed E-state index contributed by atoms with van der Waals surface area (Å²) in [6.07, 6.45) is 3.95. The van der Waals surface area contributed by atoms with Crippen LogP contribution in [-0.2, 0) is 4.79 Å². The molecule has 3 heteroatoms. The van der Waals surface area contributed by atoms with Crippen LogP contribution in [0.1, 0.15) is 5.56 Å². The van der Waals surface area contributed by atoms with E-state index in [1.165, 1.54) is 0 Å². The minimum absolute atomic E-state index is 0.617. The molecule has 13 heavy (non-hydrogen) atoms. The predicted molar refractivity (Wildman–Crippen MR) is 51.2 cm³/mol. The topological polar surface area (TPSA) is 38.3 Å². The van der Waals surface area contributed by atoms with E-state index in [0.29, 0.717) is 6.41 Å². The van der Waals surface area contributed by atoms with Gasteiger partial charge in [0.2, 0.25) is 6.41 Å². The van der Waals surface area contributed by atoms with Gasteiger partial charge in [0.1, 0.15) is 5.75 Å². The molecule has 1 aromatic carbocycles. The number of methoxy groups -OCH3 is 1. The molecule has 0 bridgehead atoms. The van der Waals surface area contributed by atoms with E-state index in [2.05, 4.69) is 5.32 Å². The lowest BCUT2D eigenvalue weighted by Gasteiger charge is -2.02. The molecule has 0 aliphatic rings. The van der Waals surface area contributed by atoms with E-state index in [9.17, 15) is 4.79 Å². The van der Waals surface area contributed by atoms with Crippen LogP contribution in [0.5, 0.6) is 5.75 Å². The summed E-state index contributed by atoms with van der Waals surface area (Å²) < 4.78 is 5.11. The molecule has 1 aromatic rings. The number of ether oxygens (including phenoxy) is 1. The van der Waals surface area contributed by atoms with Gasteiger partial charge in [0, 0.05) is 11.8 Å². The van der Waals surface area contributed by atoms with Crippen molar-refractivity contribution < 1.29 is 9.53 Å². The Balaban J connectivity index is 2.80. The summed E-state index contributed by atoms with van der Waals surface area (Å²) in [5, 5.41) is 2.43. The predicted octanol–water partition coefficient (Wildman–Crippen LogP) is 1.41. The third-order valence-electron chi connectivity index (χ3n) is 1.57. The number of nitrogens with one attached hydrogen (secondary N) is 1. The number of amides is 1. The molecule has 0 saturated heterocycles. The number of carbonyl (C=O) groups excluding carboxylic acids is 1. The molecule has 0 saturated carbocycles. The lowest BCUT2D eigenvalue weighted by molar-refractivity contribution is -0.108. The molecule has 0 aliphatic carbocycles. The van der Waals surface area contributed by atoms with Gasteiger partial charge in [-0.2, -0.15) is 0 Å². The second-order valence-electron chi connectivity index (χ2n) is 2.36. The van der Waals surface area contributed by atoms with Crippen molar-refractivity contribution in [3.8, 4) is 5.75 Å². The van der Waals surface area contributed by atoms with Gasteiger partial charge >= 0.3 is 0 Å². The molecule has 68 valence electrons. The molecule has 0 atom stereocenters. The summed E-state index contributed by atoms with van der Waals surface area (Å²) in [5.41, 5.74) is 0.930. The number of carbonyl (C=O) groups is 1. The summed E-state index contributed by atoms with van der Waals surface area (Å²) >= 11 is 0. The van der Waals surface area contributed by atoms with Crippen molar-refractivity contribution >= 4 is 12.5 Å². The van der Waals surface area contributed by atoms with Gasteiger partial charge in [-0.3, -0.25) is 4.79 Å². The summed E-state index contributed by atoms with van der Waals surface area (Å²) in [4.78, 5) is 9.96. The quantitative estimate of drug-likeness (QED) is 0.706. The van der Waals surface area contributed by atoms with E-state index in [1.54, 1.807) is 19.4 Å². The zero-order chi connectivity index (χ0) is 9.52. The highest BCUT2D eigenvalue weighted by molar-refractivity contribution is 5.59. The minimum Gasteiger partial charge on any atom is -0.496 e. The monoisotopic (exact) mass is 177 g/mol. The Morgan fingerprint density at radius 2 is 2.15 bits per heavy atom. The van der Waals surface area contributed by atoms with Gasteiger partial charge in [0.25, 0.3) is 0 Å². The maximum atomic E-state index is 9.96. The third kappa shape index (κ3) is 2.63. The Morgan fingerprint density at radius 1 is 1.38 bits per heavy atom. The molecule has 3 nitrogen and oxygen atoms in total. The Bertz CT molecular complexity index is 308. The first-order chi connectivity index (χ1) is 6.38. The smallest absolute Gasteiger partial charge is 0.211 e. The first-order valence-corrected chi connectivity index (χ1v) is 3.87. The number of rotatable bonds is 4. The molecule has 1 rings (SSSR count). The average molecular weight is 177 g/mol. The molecule has 0 fully saturated rings. The molecule has 0 aliphatic heterocycles. The summed E-state index contributed by atoms with van der Waals surface area (Å²) in [6, 6.07) is 7.56. The van der Waals surface area contributed by atoms with Crippen LogP contribution in [0.25, 0.3) is 6.08 Å². The van der Waals surface area contributed by atoms with Gasteiger partial charge in [0.15, 0.2) is 0 Å². The Labute approximate surface area is 77.0 Å². The van der Waals surface area contributed by atoms with Crippen molar-refractivity contribution in [1.82, 2.24) is 5.32 Å². The van der Waals surface area contributed by atoms with Crippen LogP contribution in [-0.4, -0.2) is 13.5 Å². The number of hydrogen-bond acceptors (Lipinski definition) is 2. The van der Waals surface area contributed by atoms with Crippen LogP contribution in [0.4, 0.5) is 0 Å². The van der Waals surface area contributed by atoms with Crippen molar-refractivity contribution in [2.45, 2.75) is 0 Å². The first-order valence-electron chi connectivity index (χ1n) is 3.87. The second-order valence-corrected chi connectivity index (χ2v) is 2.36. The van der Waals surface area contributed by atoms with Crippen molar-refractivity contribution in [2.75, 3.05) is 7.11 Å². The van der Waals surface area contributed by atoms with Crippen molar-refractivity contribution in [2.24, 2.45) is 0 Å². The fourth-order valence-electron chi connectivity index (χ4n) is 0.981. The molecule has 0 heterocycles. The molecular weight excluding hydrogens is 166 g/mol. The number of benzene rings is 1. The van der Waals surface area contributed by atoms with E-state index in [4.69, 9.17) is 4.74 Å². The fraction of sp³-hybridized carbons (Fsp3) is 0.100. The van der Waals surface area contributed by atoms with Crippen molar-refractivity contribution in [3.05, 3.63) is 36.0 Å². The van der Waals surface area contributed by atoms with E-state index < -0.39 is 0 Å². The average Bonchev–Trinajstić information content (AvgIpc) is 2.19. The van der Waals surface area contributed by atoms with Gasteiger partial charge in [-0.1, -0.05) is 18.2 Å². The zero-order valence-electron chi connectivity index (χ0n) is 7.36. The fourth-order valence-corrected chi connectivity index (χ4v) is 0.981. The third-order valence-corrected chi connectivity index (χ3v) is 1.57. The standard InChI is InChI=1S/C10H11NO2/c1-13-10-5-3-2-4-9(10)6-7-11-8-12/h2-8H,1H3,(H,11,12). The molecular formula is C10H11NO2. The zero-order valence-corrected chi connectivity index (χ0v) is 7.36. The lowest BCUT2D eigenvalue weighted by atomic mass is 10.2. The van der Waals surface area contributed by atoms with E-state index in [0.717, 1.165) is 11.3 Å². The SMILES string of the molecule is COc1ccccc1C=CNC=O. The van der Waals surface area contributed by atoms with Gasteiger partial charge in [-0.15, -0.1) is 0 Å². The van der Waals surface area contributed by atoms with Crippen LogP contribution in [0.3, 0.4) is 0 Å². The van der Waals surface area contributed by atoms with E-state index in [-0.39, 0.29) is 0 Å². The van der Waals surface area contributed by atoms with Gasteiger partial charge in [-0.25, -0.2) is 0 Å². The van der Waals surface area contributed by atoms with Gasteiger partial charge in [-0.05, 0) is 12.1 Å². The molecule has 0 aromatic heterocycles. The molecule has 0 radical (unpaired) electrons. The lowest BCUT2D eigenvalue weighted by Crippen LogP contribution is -1.98. The summed E-state index contributed by atoms with van der Waals surface area (Å²) in [7, 11) is 1.61. The van der Waals surface area contributed by atoms with E-state index in [1.807, 2.05) is 24.3 Å². The number of para-hydroxylation sites is 1. The van der Waals surface area contributed by atoms with Crippen molar-refractivity contribution in [3.63, 3.8) is 0 Å². The van der Waals surface area contributed by atoms with Crippen LogP contribution in [0.15, 0.2) is 30.5 Å².